The molecule has 6 rings (SSSR count). The van der Waals surface area contributed by atoms with Crippen molar-refractivity contribution < 1.29 is 14.6 Å². The topological polar surface area (TPSA) is 133 Å². The summed E-state index contributed by atoms with van der Waals surface area (Å²) in [7, 11) is 0. The third-order valence-electron chi connectivity index (χ3n) is 7.20. The van der Waals surface area contributed by atoms with Crippen LogP contribution in [0.15, 0.2) is 24.4 Å². The highest BCUT2D eigenvalue weighted by molar-refractivity contribution is 6.06. The molecule has 1 N–H and O–H groups in total. The fourth-order valence-electron chi connectivity index (χ4n) is 6.33. The standard InChI is InChI=1S/C21H23N5O5/c1-12-2-3-16(17(4-12)25(28)29)22-20(27)19-18(26(30)31)11-24(23-19)21-8-13-5-14(9-21)7-15(6-13)10-21/h2-4,11,13-15H,5-10H2,1H3,(H,22,27). The molecule has 4 fully saturated rings. The normalized spacial score (nSPS) is 28.5. The molecule has 0 saturated heterocycles. The molecule has 4 aliphatic rings. The maximum atomic E-state index is 12.9. The molecule has 162 valence electrons. The molecule has 1 aromatic heterocycles. The molecule has 4 saturated carbocycles. The Morgan fingerprint density at radius 2 is 1.65 bits per heavy atom. The Labute approximate surface area is 177 Å². The highest BCUT2D eigenvalue weighted by Crippen LogP contribution is 2.58. The van der Waals surface area contributed by atoms with Crippen LogP contribution < -0.4 is 5.32 Å². The van der Waals surface area contributed by atoms with Crippen LogP contribution in [0.3, 0.4) is 0 Å². The summed E-state index contributed by atoms with van der Waals surface area (Å²) in [5.41, 5.74) is -0.565. The molecule has 1 aromatic carbocycles. The maximum absolute atomic E-state index is 12.9. The molecule has 1 amide bonds. The molecule has 10 nitrogen and oxygen atoms in total. The van der Waals surface area contributed by atoms with Gasteiger partial charge in [0.05, 0.1) is 15.4 Å². The van der Waals surface area contributed by atoms with Gasteiger partial charge >= 0.3 is 5.69 Å². The van der Waals surface area contributed by atoms with Crippen molar-refractivity contribution >= 4 is 23.0 Å². The van der Waals surface area contributed by atoms with Crippen molar-refractivity contribution in [2.45, 2.75) is 51.0 Å². The van der Waals surface area contributed by atoms with E-state index in [0.717, 1.165) is 19.3 Å². The van der Waals surface area contributed by atoms with Crippen molar-refractivity contribution in [2.75, 3.05) is 5.32 Å². The van der Waals surface area contributed by atoms with Gasteiger partial charge < -0.3 is 5.32 Å². The van der Waals surface area contributed by atoms with Crippen molar-refractivity contribution in [3.05, 3.63) is 55.9 Å². The lowest BCUT2D eigenvalue weighted by Crippen LogP contribution is -2.52. The molecule has 0 atom stereocenters. The predicted octanol–water partition coefficient (Wildman–Crippen LogP) is 4.19. The predicted molar refractivity (Wildman–Crippen MR) is 111 cm³/mol. The lowest BCUT2D eigenvalue weighted by atomic mass is 9.53. The number of carbonyl (C=O) groups excluding carboxylic acids is 1. The van der Waals surface area contributed by atoms with Gasteiger partial charge in [-0.3, -0.25) is 29.7 Å². The van der Waals surface area contributed by atoms with Gasteiger partial charge in [0.2, 0.25) is 5.69 Å². The summed E-state index contributed by atoms with van der Waals surface area (Å²) < 4.78 is 1.66. The highest BCUT2D eigenvalue weighted by Gasteiger charge is 2.53. The van der Waals surface area contributed by atoms with Crippen molar-refractivity contribution in [2.24, 2.45) is 17.8 Å². The van der Waals surface area contributed by atoms with Crippen molar-refractivity contribution in [1.29, 1.82) is 0 Å². The van der Waals surface area contributed by atoms with E-state index in [1.807, 2.05) is 0 Å². The number of anilines is 1. The van der Waals surface area contributed by atoms with E-state index < -0.39 is 15.8 Å². The second-order valence-electron chi connectivity index (χ2n) is 9.44. The van der Waals surface area contributed by atoms with Crippen molar-refractivity contribution in [3.63, 3.8) is 0 Å². The van der Waals surface area contributed by atoms with Crippen LogP contribution in [0.4, 0.5) is 17.1 Å². The van der Waals surface area contributed by atoms with Crippen LogP contribution in [0.25, 0.3) is 0 Å². The average Bonchev–Trinajstić information content (AvgIpc) is 3.15. The van der Waals surface area contributed by atoms with Gasteiger partial charge in [0.1, 0.15) is 11.9 Å². The monoisotopic (exact) mass is 425 g/mol. The Kier molecular flexibility index (Phi) is 4.35. The molecule has 0 radical (unpaired) electrons. The van der Waals surface area contributed by atoms with Crippen LogP contribution in [0.1, 0.15) is 54.6 Å². The van der Waals surface area contributed by atoms with E-state index in [1.165, 1.54) is 37.6 Å². The van der Waals surface area contributed by atoms with Gasteiger partial charge in [-0.2, -0.15) is 5.10 Å². The number of nitrogens with one attached hydrogen (secondary N) is 1. The lowest BCUT2D eigenvalue weighted by molar-refractivity contribution is -0.385. The summed E-state index contributed by atoms with van der Waals surface area (Å²) in [5.74, 6) is 1.02. The first-order chi connectivity index (χ1) is 14.7. The fraction of sp³-hybridized carbons (Fsp3) is 0.524. The van der Waals surface area contributed by atoms with Gasteiger partial charge in [-0.1, -0.05) is 6.07 Å². The average molecular weight is 425 g/mol. The van der Waals surface area contributed by atoms with Crippen LogP contribution in [-0.4, -0.2) is 25.5 Å². The Bertz CT molecular complexity index is 1070. The highest BCUT2D eigenvalue weighted by atomic mass is 16.6. The molecule has 31 heavy (non-hydrogen) atoms. The molecule has 0 unspecified atom stereocenters. The SMILES string of the molecule is Cc1ccc(NC(=O)c2nn(C34CC5CC(CC(C5)C3)C4)cc2[N+](=O)[O-])c([N+](=O)[O-])c1. The van der Waals surface area contributed by atoms with Crippen LogP contribution >= 0.6 is 0 Å². The number of nitrogens with zero attached hydrogens (tertiary/aromatic N) is 4. The van der Waals surface area contributed by atoms with Gasteiger partial charge in [-0.25, -0.2) is 0 Å². The van der Waals surface area contributed by atoms with E-state index in [2.05, 4.69) is 10.4 Å². The van der Waals surface area contributed by atoms with Gasteiger partial charge in [0, 0.05) is 6.07 Å². The lowest BCUT2D eigenvalue weighted by Gasteiger charge is -2.56. The Balaban J connectivity index is 1.49. The maximum Gasteiger partial charge on any atom is 0.320 e. The van der Waals surface area contributed by atoms with Gasteiger partial charge in [-0.15, -0.1) is 0 Å². The van der Waals surface area contributed by atoms with Gasteiger partial charge in [0.15, 0.2) is 0 Å². The number of carbonyl (C=O) groups is 1. The third kappa shape index (κ3) is 3.26. The van der Waals surface area contributed by atoms with Crippen LogP contribution in [0.5, 0.6) is 0 Å². The Hall–Kier alpha value is -3.30. The van der Waals surface area contributed by atoms with Crippen molar-refractivity contribution in [3.8, 4) is 0 Å². The number of hydrogen-bond donors (Lipinski definition) is 1. The fourth-order valence-corrected chi connectivity index (χ4v) is 6.33. The first kappa shape index (κ1) is 19.7. The Morgan fingerprint density at radius 1 is 1.06 bits per heavy atom. The quantitative estimate of drug-likeness (QED) is 0.564. The minimum Gasteiger partial charge on any atom is -0.315 e. The number of nitro benzene ring substituents is 1. The summed E-state index contributed by atoms with van der Waals surface area (Å²) in [6, 6.07) is 4.40. The minimum absolute atomic E-state index is 0.0146. The van der Waals surface area contributed by atoms with Crippen molar-refractivity contribution in [1.82, 2.24) is 9.78 Å². The van der Waals surface area contributed by atoms with Gasteiger partial charge in [0.25, 0.3) is 11.6 Å². The number of rotatable bonds is 5. The van der Waals surface area contributed by atoms with E-state index >= 15 is 0 Å². The molecule has 0 spiro atoms. The van der Waals surface area contributed by atoms with E-state index in [4.69, 9.17) is 0 Å². The van der Waals surface area contributed by atoms with E-state index in [0.29, 0.717) is 23.3 Å². The first-order valence-electron chi connectivity index (χ1n) is 10.5. The largest absolute Gasteiger partial charge is 0.320 e. The zero-order chi connectivity index (χ0) is 21.9. The Morgan fingerprint density at radius 3 is 2.19 bits per heavy atom. The van der Waals surface area contributed by atoms with Crippen LogP contribution in [0, 0.1) is 44.9 Å². The zero-order valence-electron chi connectivity index (χ0n) is 17.1. The second kappa shape index (κ2) is 6.86. The molecule has 10 heteroatoms. The zero-order valence-corrected chi connectivity index (χ0v) is 17.1. The van der Waals surface area contributed by atoms with Crippen LogP contribution in [-0.2, 0) is 5.54 Å². The van der Waals surface area contributed by atoms with E-state index in [1.54, 1.807) is 17.7 Å². The van der Waals surface area contributed by atoms with Crippen LogP contribution in [0.2, 0.25) is 0 Å². The number of aryl methyl sites for hydroxylation is 1. The number of nitro groups is 2. The molecule has 1 heterocycles. The van der Waals surface area contributed by atoms with Gasteiger partial charge in [-0.05, 0) is 74.8 Å². The number of benzene rings is 1. The summed E-state index contributed by atoms with van der Waals surface area (Å²) in [4.78, 5) is 34.8. The summed E-state index contributed by atoms with van der Waals surface area (Å²) in [6.07, 6.45) is 7.83. The summed E-state index contributed by atoms with van der Waals surface area (Å²) in [6.45, 7) is 1.70. The first-order valence-corrected chi connectivity index (χ1v) is 10.5. The number of amides is 1. The molecular weight excluding hydrogens is 402 g/mol. The third-order valence-corrected chi connectivity index (χ3v) is 7.20. The molecule has 4 aliphatic carbocycles. The second-order valence-corrected chi connectivity index (χ2v) is 9.44. The molecular formula is C21H23N5O5. The van der Waals surface area contributed by atoms with E-state index in [-0.39, 0.29) is 28.3 Å². The summed E-state index contributed by atoms with van der Waals surface area (Å²) in [5, 5.41) is 29.9. The molecule has 2 aromatic rings. The number of hydrogen-bond acceptors (Lipinski definition) is 6. The number of aromatic nitrogens is 2. The molecule has 0 aliphatic heterocycles. The summed E-state index contributed by atoms with van der Waals surface area (Å²) >= 11 is 0. The molecule has 4 bridgehead atoms. The minimum atomic E-state index is -0.817. The smallest absolute Gasteiger partial charge is 0.315 e. The van der Waals surface area contributed by atoms with E-state index in [9.17, 15) is 25.0 Å².